The van der Waals surface area contributed by atoms with E-state index in [1.807, 2.05) is 0 Å². The molecule has 1 aromatic carbocycles. The molecule has 1 amide bonds. The first-order valence-corrected chi connectivity index (χ1v) is 13.0. The first kappa shape index (κ1) is 24.1. The molecule has 6 rings (SSSR count). The number of aromatic nitrogens is 2. The van der Waals surface area contributed by atoms with Crippen LogP contribution < -0.4 is 10.9 Å². The molecule has 37 heavy (non-hydrogen) atoms. The molecule has 3 aromatic rings. The Morgan fingerprint density at radius 2 is 2.14 bits per heavy atom. The number of nitrogens with one attached hydrogen (secondary N) is 1. The van der Waals surface area contributed by atoms with Crippen LogP contribution in [-0.4, -0.2) is 44.0 Å². The van der Waals surface area contributed by atoms with E-state index in [2.05, 4.69) is 5.32 Å². The summed E-state index contributed by atoms with van der Waals surface area (Å²) in [5.74, 6) is -1.09. The highest BCUT2D eigenvalue weighted by Gasteiger charge is 2.46. The molecule has 0 spiro atoms. The van der Waals surface area contributed by atoms with Crippen LogP contribution in [0.1, 0.15) is 53.6 Å². The summed E-state index contributed by atoms with van der Waals surface area (Å²) >= 11 is 1.43. The van der Waals surface area contributed by atoms with Crippen molar-refractivity contribution in [2.75, 3.05) is 12.4 Å². The Labute approximate surface area is 214 Å². The second-order valence-corrected chi connectivity index (χ2v) is 10.6. The lowest BCUT2D eigenvalue weighted by Crippen LogP contribution is -2.44. The maximum Gasteiger partial charge on any atom is 0.343 e. The van der Waals surface area contributed by atoms with Crippen molar-refractivity contribution in [2.24, 2.45) is 0 Å². The van der Waals surface area contributed by atoms with Crippen molar-refractivity contribution in [1.82, 2.24) is 14.9 Å². The summed E-state index contributed by atoms with van der Waals surface area (Å²) in [4.78, 5) is 44.0. The molecule has 0 saturated carbocycles. The number of carbonyl (C=O) groups is 2. The van der Waals surface area contributed by atoms with Gasteiger partial charge in [0.1, 0.15) is 12.4 Å². The van der Waals surface area contributed by atoms with Gasteiger partial charge in [0, 0.05) is 39.6 Å². The lowest BCUT2D eigenvalue weighted by atomic mass is 9.86. The number of carbonyl (C=O) groups excluding carboxylic acids is 2. The third kappa shape index (κ3) is 3.30. The van der Waals surface area contributed by atoms with E-state index in [0.717, 1.165) is 21.4 Å². The van der Waals surface area contributed by atoms with Gasteiger partial charge in [0.15, 0.2) is 5.60 Å². The number of aliphatic hydroxyl groups excluding tert-OH is 1. The Morgan fingerprint density at radius 3 is 2.86 bits per heavy atom. The van der Waals surface area contributed by atoms with Crippen molar-refractivity contribution in [3.8, 4) is 11.4 Å². The number of esters is 1. The third-order valence-corrected chi connectivity index (χ3v) is 8.88. The number of thioether (sulfide) groups is 1. The number of hydrogen-bond donors (Lipinski definition) is 3. The van der Waals surface area contributed by atoms with Gasteiger partial charge in [-0.05, 0) is 30.5 Å². The highest BCUT2D eigenvalue weighted by molar-refractivity contribution is 7.99. The zero-order valence-corrected chi connectivity index (χ0v) is 21.0. The highest BCUT2D eigenvalue weighted by Crippen LogP contribution is 2.48. The molecule has 0 aliphatic carbocycles. The van der Waals surface area contributed by atoms with Gasteiger partial charge in [-0.3, -0.25) is 9.59 Å². The number of pyridine rings is 2. The fourth-order valence-corrected chi connectivity index (χ4v) is 6.86. The van der Waals surface area contributed by atoms with E-state index in [0.29, 0.717) is 28.2 Å². The smallest absolute Gasteiger partial charge is 0.343 e. The molecule has 3 aliphatic rings. The van der Waals surface area contributed by atoms with Crippen LogP contribution in [0.25, 0.3) is 22.3 Å². The van der Waals surface area contributed by atoms with Gasteiger partial charge in [-0.25, -0.2) is 14.2 Å². The minimum absolute atomic E-state index is 0.0228. The SMILES string of the molecule is CC[C@@]1(O)C(=O)OCc2c1cc1n(c2=O)Cc2c-1nc1cc(F)c(C)c3c1c2[C@@H](NC(=O)CCO)CS3. The van der Waals surface area contributed by atoms with Crippen molar-refractivity contribution in [2.45, 2.75) is 56.4 Å². The van der Waals surface area contributed by atoms with Crippen molar-refractivity contribution in [3.05, 3.63) is 56.1 Å². The highest BCUT2D eigenvalue weighted by atomic mass is 32.2. The van der Waals surface area contributed by atoms with Gasteiger partial charge in [0.25, 0.3) is 5.56 Å². The minimum Gasteiger partial charge on any atom is -0.458 e. The summed E-state index contributed by atoms with van der Waals surface area (Å²) < 4.78 is 21.6. The summed E-state index contributed by atoms with van der Waals surface area (Å²) in [7, 11) is 0. The first-order valence-electron chi connectivity index (χ1n) is 12.0. The molecule has 2 atom stereocenters. The number of fused-ring (bicyclic) bond motifs is 5. The molecule has 5 heterocycles. The number of benzene rings is 1. The molecule has 3 aliphatic heterocycles. The standard InChI is InChI=1S/C26H24FN3O6S/c1-3-26(35)14-6-18-22-12(8-30(18)24(33)13(14)9-36-25(26)34)20-17(28-19(32)4-5-31)10-37-23-11(2)15(27)7-16(29-22)21(20)23/h6-7,17,31,35H,3-5,8-10H2,1-2H3,(H,28,32)/t17-,26-/m0/s1. The van der Waals surface area contributed by atoms with Gasteiger partial charge in [0.2, 0.25) is 5.91 Å². The molecular formula is C26H24FN3O6S. The summed E-state index contributed by atoms with van der Waals surface area (Å²) in [6.07, 6.45) is -0.0298. The number of cyclic esters (lactones) is 1. The van der Waals surface area contributed by atoms with Crippen LogP contribution in [0, 0.1) is 12.7 Å². The molecular weight excluding hydrogens is 501 g/mol. The largest absolute Gasteiger partial charge is 0.458 e. The van der Waals surface area contributed by atoms with E-state index in [9.17, 15) is 29.0 Å². The van der Waals surface area contributed by atoms with Gasteiger partial charge >= 0.3 is 5.97 Å². The van der Waals surface area contributed by atoms with Crippen LogP contribution in [0.2, 0.25) is 0 Å². The number of halogens is 1. The van der Waals surface area contributed by atoms with Gasteiger partial charge in [-0.2, -0.15) is 0 Å². The van der Waals surface area contributed by atoms with Gasteiger partial charge in [0.05, 0.1) is 41.7 Å². The summed E-state index contributed by atoms with van der Waals surface area (Å²) in [5.41, 5.74) is 1.30. The van der Waals surface area contributed by atoms with Gasteiger partial charge < -0.3 is 24.8 Å². The zero-order valence-electron chi connectivity index (χ0n) is 20.2. The van der Waals surface area contributed by atoms with E-state index in [-0.39, 0.29) is 49.6 Å². The predicted molar refractivity (Wildman–Crippen MR) is 133 cm³/mol. The molecule has 0 radical (unpaired) electrons. The Morgan fingerprint density at radius 1 is 1.35 bits per heavy atom. The lowest BCUT2D eigenvalue weighted by molar-refractivity contribution is -0.172. The normalized spacial score (nSPS) is 21.3. The molecule has 0 unspecified atom stereocenters. The molecule has 0 saturated heterocycles. The maximum atomic E-state index is 14.9. The van der Waals surface area contributed by atoms with Gasteiger partial charge in [-0.1, -0.05) is 6.92 Å². The van der Waals surface area contributed by atoms with Crippen molar-refractivity contribution < 1.29 is 28.9 Å². The second-order valence-electron chi connectivity index (χ2n) is 9.57. The van der Waals surface area contributed by atoms with Crippen molar-refractivity contribution >= 4 is 34.5 Å². The predicted octanol–water partition coefficient (Wildman–Crippen LogP) is 2.17. The maximum absolute atomic E-state index is 14.9. The first-order chi connectivity index (χ1) is 17.7. The Bertz CT molecular complexity index is 1600. The molecule has 0 bridgehead atoms. The van der Waals surface area contributed by atoms with E-state index in [4.69, 9.17) is 9.72 Å². The van der Waals surface area contributed by atoms with Crippen LogP contribution in [0.5, 0.6) is 0 Å². The number of rotatable bonds is 4. The van der Waals surface area contributed by atoms with Gasteiger partial charge in [-0.15, -0.1) is 11.8 Å². The number of hydrogen-bond acceptors (Lipinski definition) is 8. The number of nitrogens with zero attached hydrogens (tertiary/aromatic N) is 2. The van der Waals surface area contributed by atoms with Crippen molar-refractivity contribution in [3.63, 3.8) is 0 Å². The van der Waals surface area contributed by atoms with Crippen LogP contribution in [-0.2, 0) is 33.1 Å². The average Bonchev–Trinajstić information content (AvgIpc) is 3.24. The van der Waals surface area contributed by atoms with E-state index >= 15 is 0 Å². The van der Waals surface area contributed by atoms with Crippen molar-refractivity contribution in [1.29, 1.82) is 0 Å². The quantitative estimate of drug-likeness (QED) is 0.346. The lowest BCUT2D eigenvalue weighted by Gasteiger charge is -2.31. The van der Waals surface area contributed by atoms with Crippen LogP contribution in [0.3, 0.4) is 0 Å². The fourth-order valence-electron chi connectivity index (χ4n) is 5.61. The second kappa shape index (κ2) is 8.37. The zero-order chi connectivity index (χ0) is 26.2. The Kier molecular flexibility index (Phi) is 5.45. The molecule has 9 nitrogen and oxygen atoms in total. The fraction of sp³-hybridized carbons (Fsp3) is 0.385. The Balaban J connectivity index is 1.63. The number of aliphatic hydroxyl groups is 2. The van der Waals surface area contributed by atoms with Crippen LogP contribution in [0.4, 0.5) is 4.39 Å². The molecule has 11 heteroatoms. The van der Waals surface area contributed by atoms with E-state index < -0.39 is 29.0 Å². The summed E-state index contributed by atoms with van der Waals surface area (Å²) in [6.45, 7) is 2.98. The average molecular weight is 526 g/mol. The van der Waals surface area contributed by atoms with E-state index in [1.54, 1.807) is 19.9 Å². The molecule has 3 N–H and O–H groups in total. The molecule has 192 valence electrons. The van der Waals surface area contributed by atoms with Crippen LogP contribution in [0.15, 0.2) is 21.8 Å². The summed E-state index contributed by atoms with van der Waals surface area (Å²) in [6, 6.07) is 2.52. The van der Waals surface area contributed by atoms with Crippen LogP contribution >= 0.6 is 11.8 Å². The third-order valence-electron chi connectivity index (χ3n) is 7.58. The summed E-state index contributed by atoms with van der Waals surface area (Å²) in [5, 5.41) is 24.0. The monoisotopic (exact) mass is 525 g/mol. The van der Waals surface area contributed by atoms with E-state index in [1.165, 1.54) is 22.4 Å². The molecule has 2 aromatic heterocycles. The number of ether oxygens (including phenoxy) is 1. The number of amides is 1. The topological polar surface area (TPSA) is 131 Å². The molecule has 0 fully saturated rings. The Hall–Kier alpha value is -3.28. The minimum atomic E-state index is -1.95.